The minimum atomic E-state index is -3.54. The summed E-state index contributed by atoms with van der Waals surface area (Å²) in [6.45, 7) is 0.0392. The van der Waals surface area contributed by atoms with Gasteiger partial charge in [0.2, 0.25) is 0 Å². The molecule has 0 saturated heterocycles. The summed E-state index contributed by atoms with van der Waals surface area (Å²) in [5.74, 6) is 0.656. The van der Waals surface area contributed by atoms with Crippen LogP contribution in [0.3, 0.4) is 0 Å². The van der Waals surface area contributed by atoms with Crippen LogP contribution >= 0.6 is 0 Å². The first-order valence-corrected chi connectivity index (χ1v) is 8.17. The molecule has 22 heavy (non-hydrogen) atoms. The lowest BCUT2D eigenvalue weighted by Gasteiger charge is -2.07. The van der Waals surface area contributed by atoms with Crippen LogP contribution in [-0.2, 0) is 32.7 Å². The summed E-state index contributed by atoms with van der Waals surface area (Å²) in [5, 5.41) is 7.96. The Morgan fingerprint density at radius 2 is 1.91 bits per heavy atom. The van der Waals surface area contributed by atoms with Crippen molar-refractivity contribution >= 4 is 10.1 Å². The van der Waals surface area contributed by atoms with Crippen LogP contribution in [0.15, 0.2) is 24.3 Å². The van der Waals surface area contributed by atoms with Gasteiger partial charge in [-0.3, -0.25) is 4.18 Å². The quantitative estimate of drug-likeness (QED) is 0.552. The summed E-state index contributed by atoms with van der Waals surface area (Å²) < 4.78 is 38.7. The van der Waals surface area contributed by atoms with Gasteiger partial charge in [0.15, 0.2) is 6.79 Å². The van der Waals surface area contributed by atoms with Crippen LogP contribution in [-0.4, -0.2) is 43.6 Å². The van der Waals surface area contributed by atoms with Gasteiger partial charge in [-0.15, -0.1) is 5.10 Å². The highest BCUT2D eigenvalue weighted by Crippen LogP contribution is 2.24. The lowest BCUT2D eigenvalue weighted by atomic mass is 10.1. The van der Waals surface area contributed by atoms with Crippen molar-refractivity contribution in [1.82, 2.24) is 15.0 Å². The van der Waals surface area contributed by atoms with E-state index in [-0.39, 0.29) is 13.4 Å². The third-order valence-electron chi connectivity index (χ3n) is 2.82. The van der Waals surface area contributed by atoms with Gasteiger partial charge in [-0.2, -0.15) is 8.42 Å². The van der Waals surface area contributed by atoms with E-state index in [2.05, 4.69) is 10.3 Å². The molecule has 0 aliphatic heterocycles. The van der Waals surface area contributed by atoms with Crippen molar-refractivity contribution in [2.24, 2.45) is 7.05 Å². The SMILES string of the molecule is COCOc1ccc(-c2nnn(C)c2COS(C)(=O)=O)cc1. The highest BCUT2D eigenvalue weighted by molar-refractivity contribution is 7.85. The number of hydrogen-bond donors (Lipinski definition) is 0. The van der Waals surface area contributed by atoms with E-state index in [0.717, 1.165) is 11.8 Å². The standard InChI is InChI=1S/C13H17N3O5S/c1-16-12(8-21-22(3,17)18)13(14-15-16)10-4-6-11(7-5-10)20-9-19-2/h4-7H,8-9H2,1-3H3. The number of aryl methyl sites for hydroxylation is 1. The number of hydrogen-bond acceptors (Lipinski definition) is 7. The van der Waals surface area contributed by atoms with Crippen LogP contribution in [0.1, 0.15) is 5.69 Å². The van der Waals surface area contributed by atoms with Crippen LogP contribution in [0.2, 0.25) is 0 Å². The Kier molecular flexibility index (Phi) is 5.11. The Balaban J connectivity index is 2.21. The molecular weight excluding hydrogens is 310 g/mol. The molecule has 0 bridgehead atoms. The second-order valence-corrected chi connectivity index (χ2v) is 6.19. The van der Waals surface area contributed by atoms with E-state index >= 15 is 0 Å². The molecule has 8 nitrogen and oxygen atoms in total. The summed E-state index contributed by atoms with van der Waals surface area (Å²) in [7, 11) is -0.318. The van der Waals surface area contributed by atoms with Crippen molar-refractivity contribution in [2.45, 2.75) is 6.61 Å². The second kappa shape index (κ2) is 6.86. The smallest absolute Gasteiger partial charge is 0.264 e. The normalized spacial score (nSPS) is 11.6. The van der Waals surface area contributed by atoms with Crippen LogP contribution in [0, 0.1) is 0 Å². The Hall–Kier alpha value is -1.97. The van der Waals surface area contributed by atoms with E-state index in [0.29, 0.717) is 17.1 Å². The van der Waals surface area contributed by atoms with Gasteiger partial charge in [0.25, 0.3) is 10.1 Å². The van der Waals surface area contributed by atoms with Crippen molar-refractivity contribution in [2.75, 3.05) is 20.2 Å². The minimum Gasteiger partial charge on any atom is -0.468 e. The van der Waals surface area contributed by atoms with E-state index in [4.69, 9.17) is 13.7 Å². The predicted molar refractivity (Wildman–Crippen MR) is 78.6 cm³/mol. The molecule has 0 spiro atoms. The molecule has 1 heterocycles. The lowest BCUT2D eigenvalue weighted by Crippen LogP contribution is -2.07. The first-order chi connectivity index (χ1) is 10.4. The van der Waals surface area contributed by atoms with Gasteiger partial charge in [-0.1, -0.05) is 5.21 Å². The number of ether oxygens (including phenoxy) is 2. The zero-order valence-electron chi connectivity index (χ0n) is 12.5. The fourth-order valence-corrected chi connectivity index (χ4v) is 2.09. The number of rotatable bonds is 7. The summed E-state index contributed by atoms with van der Waals surface area (Å²) in [4.78, 5) is 0. The molecule has 0 aliphatic rings. The molecule has 9 heteroatoms. The van der Waals surface area contributed by atoms with E-state index in [1.165, 1.54) is 4.68 Å². The number of nitrogens with zero attached hydrogens (tertiary/aromatic N) is 3. The molecule has 0 aliphatic carbocycles. The average Bonchev–Trinajstić information content (AvgIpc) is 2.84. The average molecular weight is 327 g/mol. The maximum absolute atomic E-state index is 11.1. The van der Waals surface area contributed by atoms with E-state index in [1.54, 1.807) is 38.4 Å². The predicted octanol–water partition coefficient (Wildman–Crippen LogP) is 0.941. The molecule has 120 valence electrons. The van der Waals surface area contributed by atoms with Gasteiger partial charge in [-0.25, -0.2) is 4.68 Å². The van der Waals surface area contributed by atoms with Gasteiger partial charge in [-0.05, 0) is 24.3 Å². The van der Waals surface area contributed by atoms with E-state index < -0.39 is 10.1 Å². The first kappa shape index (κ1) is 16.4. The Labute approximate surface area is 128 Å². The lowest BCUT2D eigenvalue weighted by molar-refractivity contribution is 0.0511. The van der Waals surface area contributed by atoms with E-state index in [1.807, 2.05) is 0 Å². The summed E-state index contributed by atoms with van der Waals surface area (Å²) in [6.07, 6.45) is 0.998. The molecule has 2 aromatic rings. The summed E-state index contributed by atoms with van der Waals surface area (Å²) in [5.41, 5.74) is 1.91. The molecule has 0 radical (unpaired) electrons. The maximum atomic E-state index is 11.1. The first-order valence-electron chi connectivity index (χ1n) is 6.36. The fraction of sp³-hybridized carbons (Fsp3) is 0.385. The third-order valence-corrected chi connectivity index (χ3v) is 3.37. The number of methoxy groups -OCH3 is 1. The van der Waals surface area contributed by atoms with E-state index in [9.17, 15) is 8.42 Å². The van der Waals surface area contributed by atoms with Crippen LogP contribution < -0.4 is 4.74 Å². The molecule has 1 aromatic carbocycles. The zero-order chi connectivity index (χ0) is 16.2. The van der Waals surface area contributed by atoms with Crippen LogP contribution in [0.4, 0.5) is 0 Å². The maximum Gasteiger partial charge on any atom is 0.264 e. The molecule has 0 unspecified atom stereocenters. The van der Waals surface area contributed by atoms with Crippen molar-refractivity contribution in [1.29, 1.82) is 0 Å². The minimum absolute atomic E-state index is 0.125. The third kappa shape index (κ3) is 4.26. The molecule has 0 atom stereocenters. The van der Waals surface area contributed by atoms with Crippen molar-refractivity contribution in [3.05, 3.63) is 30.0 Å². The van der Waals surface area contributed by atoms with Crippen molar-refractivity contribution in [3.8, 4) is 17.0 Å². The van der Waals surface area contributed by atoms with Crippen LogP contribution in [0.25, 0.3) is 11.3 Å². The molecule has 2 rings (SSSR count). The van der Waals surface area contributed by atoms with Gasteiger partial charge in [0.05, 0.1) is 11.9 Å². The molecule has 0 amide bonds. The highest BCUT2D eigenvalue weighted by atomic mass is 32.2. The Bertz CT molecular complexity index is 725. The highest BCUT2D eigenvalue weighted by Gasteiger charge is 2.15. The van der Waals surface area contributed by atoms with Gasteiger partial charge in [0.1, 0.15) is 18.1 Å². The molecule has 1 aromatic heterocycles. The van der Waals surface area contributed by atoms with Crippen LogP contribution in [0.5, 0.6) is 5.75 Å². The fourth-order valence-electron chi connectivity index (χ4n) is 1.76. The number of aromatic nitrogens is 3. The summed E-state index contributed by atoms with van der Waals surface area (Å²) >= 11 is 0. The monoisotopic (exact) mass is 327 g/mol. The summed E-state index contributed by atoms with van der Waals surface area (Å²) in [6, 6.07) is 7.15. The van der Waals surface area contributed by atoms with Gasteiger partial charge < -0.3 is 9.47 Å². The second-order valence-electron chi connectivity index (χ2n) is 4.55. The van der Waals surface area contributed by atoms with Gasteiger partial charge >= 0.3 is 0 Å². The van der Waals surface area contributed by atoms with Gasteiger partial charge in [0, 0.05) is 19.7 Å². The molecule has 0 N–H and O–H groups in total. The molecular formula is C13H17N3O5S. The molecule has 0 fully saturated rings. The van der Waals surface area contributed by atoms with Crippen molar-refractivity contribution < 1.29 is 22.1 Å². The zero-order valence-corrected chi connectivity index (χ0v) is 13.3. The van der Waals surface area contributed by atoms with Crippen molar-refractivity contribution in [3.63, 3.8) is 0 Å². The Morgan fingerprint density at radius 3 is 2.50 bits per heavy atom. The number of benzene rings is 1. The largest absolute Gasteiger partial charge is 0.468 e. The topological polar surface area (TPSA) is 92.5 Å². The Morgan fingerprint density at radius 1 is 1.23 bits per heavy atom. The molecule has 0 saturated carbocycles.